The molecule has 0 spiro atoms. The minimum Gasteiger partial charge on any atom is -0.352 e. The smallest absolute Gasteiger partial charge is 0.253 e. The van der Waals surface area contributed by atoms with Crippen molar-refractivity contribution in [2.45, 2.75) is 38.8 Å². The largest absolute Gasteiger partial charge is 0.352 e. The Morgan fingerprint density at radius 2 is 1.88 bits per heavy atom. The molecule has 1 aromatic carbocycles. The van der Waals surface area contributed by atoms with Crippen molar-refractivity contribution in [1.29, 1.82) is 0 Å². The number of amides is 3. The van der Waals surface area contributed by atoms with Gasteiger partial charge in [0.15, 0.2) is 0 Å². The molecule has 1 atom stereocenters. The van der Waals surface area contributed by atoms with Gasteiger partial charge in [-0.25, -0.2) is 0 Å². The number of benzene rings is 1. The molecular formula is C17H21Cl2N3O3. The Morgan fingerprint density at radius 3 is 2.44 bits per heavy atom. The molecule has 1 fully saturated rings. The van der Waals surface area contributed by atoms with Crippen LogP contribution in [0.3, 0.4) is 0 Å². The van der Waals surface area contributed by atoms with Crippen molar-refractivity contribution in [2.75, 3.05) is 6.54 Å². The third kappa shape index (κ3) is 5.90. The van der Waals surface area contributed by atoms with Crippen LogP contribution in [0.4, 0.5) is 0 Å². The van der Waals surface area contributed by atoms with Gasteiger partial charge in [-0.3, -0.25) is 14.4 Å². The molecule has 1 saturated carbocycles. The molecular weight excluding hydrogens is 365 g/mol. The van der Waals surface area contributed by atoms with Gasteiger partial charge in [-0.15, -0.1) is 0 Å². The molecule has 0 bridgehead atoms. The average Bonchev–Trinajstić information content (AvgIpc) is 3.33. The van der Waals surface area contributed by atoms with Gasteiger partial charge in [0.1, 0.15) is 6.04 Å². The van der Waals surface area contributed by atoms with Crippen molar-refractivity contribution in [1.82, 2.24) is 16.0 Å². The first-order valence-corrected chi connectivity index (χ1v) is 8.86. The zero-order valence-corrected chi connectivity index (χ0v) is 15.6. The lowest BCUT2D eigenvalue weighted by Gasteiger charge is -2.22. The normalized spacial score (nSPS) is 14.8. The van der Waals surface area contributed by atoms with Crippen LogP contribution in [0.15, 0.2) is 18.2 Å². The van der Waals surface area contributed by atoms with E-state index in [9.17, 15) is 14.4 Å². The van der Waals surface area contributed by atoms with Crippen molar-refractivity contribution >= 4 is 40.9 Å². The molecule has 3 N–H and O–H groups in total. The highest BCUT2D eigenvalue weighted by atomic mass is 35.5. The van der Waals surface area contributed by atoms with E-state index in [1.54, 1.807) is 19.9 Å². The van der Waals surface area contributed by atoms with Gasteiger partial charge in [-0.05, 0) is 37.0 Å². The molecule has 0 aliphatic heterocycles. The van der Waals surface area contributed by atoms with Crippen LogP contribution in [0.1, 0.15) is 37.0 Å². The maximum absolute atomic E-state index is 12.4. The molecule has 0 unspecified atom stereocenters. The zero-order valence-electron chi connectivity index (χ0n) is 14.1. The number of carbonyl (C=O) groups is 3. The first kappa shape index (κ1) is 19.5. The zero-order chi connectivity index (χ0) is 18.6. The number of hydrogen-bond acceptors (Lipinski definition) is 3. The van der Waals surface area contributed by atoms with Crippen LogP contribution >= 0.6 is 23.2 Å². The standard InChI is InChI=1S/C17H21Cl2N3O3/c1-9(2)15(17(25)20-8-14(23)21-11-4-5-11)22-16(24)12-6-3-10(18)7-13(12)19/h3,6-7,9,11,15H,4-5,8H2,1-2H3,(H,20,25)(H,21,23)(H,22,24)/t15-/m1/s1. The maximum Gasteiger partial charge on any atom is 0.253 e. The molecule has 3 amide bonds. The molecule has 0 saturated heterocycles. The van der Waals surface area contributed by atoms with E-state index in [2.05, 4.69) is 16.0 Å². The average molecular weight is 386 g/mol. The summed E-state index contributed by atoms with van der Waals surface area (Å²) < 4.78 is 0. The van der Waals surface area contributed by atoms with Crippen molar-refractivity contribution < 1.29 is 14.4 Å². The summed E-state index contributed by atoms with van der Waals surface area (Å²) in [5.74, 6) is -1.29. The molecule has 6 nitrogen and oxygen atoms in total. The van der Waals surface area contributed by atoms with Crippen molar-refractivity contribution in [3.8, 4) is 0 Å². The summed E-state index contributed by atoms with van der Waals surface area (Å²) in [5, 5.41) is 8.63. The quantitative estimate of drug-likeness (QED) is 0.671. The monoisotopic (exact) mass is 385 g/mol. The van der Waals surface area contributed by atoms with E-state index in [0.29, 0.717) is 5.02 Å². The van der Waals surface area contributed by atoms with Crippen LogP contribution in [0, 0.1) is 5.92 Å². The number of hydrogen-bond donors (Lipinski definition) is 3. The SMILES string of the molecule is CC(C)[C@@H](NC(=O)c1ccc(Cl)cc1Cl)C(=O)NCC(=O)NC1CC1. The fourth-order valence-corrected chi connectivity index (χ4v) is 2.71. The van der Waals surface area contributed by atoms with Gasteiger partial charge in [0.05, 0.1) is 17.1 Å². The second-order valence-corrected chi connectivity index (χ2v) is 7.22. The van der Waals surface area contributed by atoms with Crippen LogP contribution in [-0.2, 0) is 9.59 Å². The fourth-order valence-electron chi connectivity index (χ4n) is 2.21. The molecule has 2 rings (SSSR count). The summed E-state index contributed by atoms with van der Waals surface area (Å²) in [7, 11) is 0. The topological polar surface area (TPSA) is 87.3 Å². The second kappa shape index (κ2) is 8.54. The van der Waals surface area contributed by atoms with Gasteiger partial charge in [0.2, 0.25) is 11.8 Å². The van der Waals surface area contributed by atoms with Gasteiger partial charge < -0.3 is 16.0 Å². The lowest BCUT2D eigenvalue weighted by atomic mass is 10.0. The summed E-state index contributed by atoms with van der Waals surface area (Å²) in [5.41, 5.74) is 0.232. The van der Waals surface area contributed by atoms with E-state index in [1.807, 2.05) is 0 Å². The summed E-state index contributed by atoms with van der Waals surface area (Å²) in [6, 6.07) is 3.96. The maximum atomic E-state index is 12.4. The summed E-state index contributed by atoms with van der Waals surface area (Å²) >= 11 is 11.8. The Hall–Kier alpha value is -1.79. The Balaban J connectivity index is 1.95. The molecule has 0 aromatic heterocycles. The van der Waals surface area contributed by atoms with Crippen LogP contribution in [0.2, 0.25) is 10.0 Å². The summed E-state index contributed by atoms with van der Waals surface area (Å²) in [4.78, 5) is 36.4. The van der Waals surface area contributed by atoms with E-state index < -0.39 is 17.9 Å². The molecule has 8 heteroatoms. The highest BCUT2D eigenvalue weighted by Crippen LogP contribution is 2.21. The number of halogens is 2. The fraction of sp³-hybridized carbons (Fsp3) is 0.471. The molecule has 1 aromatic rings. The molecule has 0 radical (unpaired) electrons. The lowest BCUT2D eigenvalue weighted by Crippen LogP contribution is -2.51. The number of nitrogens with one attached hydrogen (secondary N) is 3. The molecule has 136 valence electrons. The highest BCUT2D eigenvalue weighted by molar-refractivity contribution is 6.36. The molecule has 25 heavy (non-hydrogen) atoms. The van der Waals surface area contributed by atoms with Crippen molar-refractivity contribution in [3.63, 3.8) is 0 Å². The third-order valence-electron chi connectivity index (χ3n) is 3.78. The second-order valence-electron chi connectivity index (χ2n) is 6.38. The van der Waals surface area contributed by atoms with Gasteiger partial charge in [-0.2, -0.15) is 0 Å². The van der Waals surface area contributed by atoms with E-state index in [1.165, 1.54) is 12.1 Å². The van der Waals surface area contributed by atoms with Gasteiger partial charge in [0.25, 0.3) is 5.91 Å². The van der Waals surface area contributed by atoms with Crippen molar-refractivity contribution in [2.24, 2.45) is 5.92 Å². The summed E-state index contributed by atoms with van der Waals surface area (Å²) in [6.07, 6.45) is 1.96. The van der Waals surface area contributed by atoms with E-state index in [0.717, 1.165) is 12.8 Å². The highest BCUT2D eigenvalue weighted by Gasteiger charge is 2.27. The number of rotatable bonds is 7. The molecule has 1 aliphatic carbocycles. The first-order chi connectivity index (χ1) is 11.8. The minimum atomic E-state index is -0.784. The van der Waals surface area contributed by atoms with E-state index in [4.69, 9.17) is 23.2 Å². The minimum absolute atomic E-state index is 0.115. The first-order valence-electron chi connectivity index (χ1n) is 8.11. The predicted molar refractivity (Wildman–Crippen MR) is 96.7 cm³/mol. The van der Waals surface area contributed by atoms with Gasteiger partial charge in [-0.1, -0.05) is 37.0 Å². The molecule has 0 heterocycles. The summed E-state index contributed by atoms with van der Waals surface area (Å²) in [6.45, 7) is 3.49. The van der Waals surface area contributed by atoms with Gasteiger partial charge in [0, 0.05) is 11.1 Å². The Morgan fingerprint density at radius 1 is 1.20 bits per heavy atom. The Bertz CT molecular complexity index is 675. The predicted octanol–water partition coefficient (Wildman–Crippen LogP) is 2.14. The van der Waals surface area contributed by atoms with Crippen LogP contribution in [0.25, 0.3) is 0 Å². The van der Waals surface area contributed by atoms with Crippen LogP contribution in [-0.4, -0.2) is 36.3 Å². The number of carbonyl (C=O) groups excluding carboxylic acids is 3. The third-order valence-corrected chi connectivity index (χ3v) is 4.32. The van der Waals surface area contributed by atoms with Crippen LogP contribution < -0.4 is 16.0 Å². The van der Waals surface area contributed by atoms with E-state index >= 15 is 0 Å². The Kier molecular flexibility index (Phi) is 6.67. The molecule has 1 aliphatic rings. The van der Waals surface area contributed by atoms with Gasteiger partial charge >= 0.3 is 0 Å². The lowest BCUT2D eigenvalue weighted by molar-refractivity contribution is -0.127. The van der Waals surface area contributed by atoms with E-state index in [-0.39, 0.29) is 35.0 Å². The van der Waals surface area contributed by atoms with Crippen molar-refractivity contribution in [3.05, 3.63) is 33.8 Å². The van der Waals surface area contributed by atoms with Crippen LogP contribution in [0.5, 0.6) is 0 Å². The Labute approximate surface area is 156 Å².